The van der Waals surface area contributed by atoms with Gasteiger partial charge in [-0.15, -0.1) is 0 Å². The number of hydrogen-bond donors (Lipinski definition) is 4. The monoisotopic (exact) mass is 740 g/mol. The lowest BCUT2D eigenvalue weighted by Gasteiger charge is -2.27. The smallest absolute Gasteiger partial charge is 0.264 e. The number of likely N-dealkylation sites (tertiary alicyclic amines) is 1. The van der Waals surface area contributed by atoms with Crippen LogP contribution in [0.3, 0.4) is 0 Å². The van der Waals surface area contributed by atoms with Gasteiger partial charge in [-0.2, -0.15) is 0 Å². The van der Waals surface area contributed by atoms with E-state index in [2.05, 4.69) is 30.8 Å². The van der Waals surface area contributed by atoms with Gasteiger partial charge in [-0.05, 0) is 81.6 Å². The lowest BCUT2D eigenvalue weighted by atomic mass is 10.0. The Balaban J connectivity index is 0.891. The molecule has 0 bridgehead atoms. The first-order chi connectivity index (χ1) is 26.8. The third kappa shape index (κ3) is 6.89. The summed E-state index contributed by atoms with van der Waals surface area (Å²) in [6.07, 6.45) is 10.1. The van der Waals surface area contributed by atoms with E-state index in [1.807, 2.05) is 28.8 Å². The van der Waals surface area contributed by atoms with Crippen LogP contribution < -0.4 is 21.7 Å². The van der Waals surface area contributed by atoms with Gasteiger partial charge in [0.15, 0.2) is 0 Å². The largest absolute Gasteiger partial charge is 0.384 e. The van der Waals surface area contributed by atoms with Crippen molar-refractivity contribution in [1.82, 2.24) is 34.5 Å². The van der Waals surface area contributed by atoms with E-state index in [9.17, 15) is 24.0 Å². The number of aromatic nitrogens is 4. The standard InChI is InChI=1S/C40H40N10O5/c41-35-34-33(24-12-14-25(15-13-24)37(52)45-30-11-2-4-19-43-30)47-36(49(34)23-20-44-35)28-10-7-22-48(28)21-5-1-3-18-42-27-9-6-8-26-32(27)40(55)50(39(26)54)29-16-17-31(51)46-38(29)53/h2,4,6,8-9,11-15,19-20,23,28-29,42H,1,3,5,7,10,16-18,21-22H2,(H2,41,44)(H,43,45,52)(H,46,51,53)/t28-,29?/m0/s1. The fourth-order valence-corrected chi connectivity index (χ4v) is 7.82. The Kier molecular flexibility index (Phi) is 9.76. The zero-order chi connectivity index (χ0) is 38.1. The maximum atomic E-state index is 13.4. The summed E-state index contributed by atoms with van der Waals surface area (Å²) in [6, 6.07) is 16.8. The molecule has 1 unspecified atom stereocenters. The first kappa shape index (κ1) is 35.5. The van der Waals surface area contributed by atoms with E-state index in [0.29, 0.717) is 35.1 Å². The number of piperidine rings is 1. The number of pyridine rings is 1. The summed E-state index contributed by atoms with van der Waals surface area (Å²) in [5.74, 6) is -0.573. The van der Waals surface area contributed by atoms with Crippen LogP contribution >= 0.6 is 0 Å². The number of nitrogens with two attached hydrogens (primary N) is 1. The molecule has 5 N–H and O–H groups in total. The van der Waals surface area contributed by atoms with E-state index in [1.165, 1.54) is 0 Å². The average molecular weight is 741 g/mol. The van der Waals surface area contributed by atoms with Gasteiger partial charge < -0.3 is 16.4 Å². The molecule has 15 nitrogen and oxygen atoms in total. The van der Waals surface area contributed by atoms with Crippen molar-refractivity contribution < 1.29 is 24.0 Å². The van der Waals surface area contributed by atoms with Crippen molar-refractivity contribution in [2.45, 2.75) is 57.0 Å². The van der Waals surface area contributed by atoms with Crippen molar-refractivity contribution in [2.75, 3.05) is 36.0 Å². The SMILES string of the molecule is Nc1nccn2c([C@@H]3CCCN3CCCCCNc3cccc4c3C(=O)N(C3CCC(=O)NC3=O)C4=O)nc(-c3ccc(C(=O)Nc4ccccn4)cc3)c12. The first-order valence-corrected chi connectivity index (χ1v) is 18.6. The second-order valence-corrected chi connectivity index (χ2v) is 14.0. The van der Waals surface area contributed by atoms with Crippen LogP contribution in [0.25, 0.3) is 16.8 Å². The number of nitrogens with one attached hydrogen (secondary N) is 3. The fraction of sp³-hybridized carbons (Fsp3) is 0.300. The number of nitrogen functional groups attached to an aromatic ring is 1. The molecule has 5 amide bonds. The second-order valence-electron chi connectivity index (χ2n) is 14.0. The van der Waals surface area contributed by atoms with Crippen LogP contribution in [-0.4, -0.2) is 84.4 Å². The van der Waals surface area contributed by atoms with E-state index in [4.69, 9.17) is 10.7 Å². The number of nitrogens with zero attached hydrogens (tertiary/aromatic N) is 6. The Morgan fingerprint density at radius 1 is 0.891 bits per heavy atom. The van der Waals surface area contributed by atoms with Crippen LogP contribution in [0.5, 0.6) is 0 Å². The minimum atomic E-state index is -1.00. The highest BCUT2D eigenvalue weighted by Crippen LogP contribution is 2.37. The van der Waals surface area contributed by atoms with E-state index in [-0.39, 0.29) is 35.9 Å². The molecule has 55 heavy (non-hydrogen) atoms. The minimum absolute atomic E-state index is 0.0738. The van der Waals surface area contributed by atoms with E-state index in [0.717, 1.165) is 67.0 Å². The van der Waals surface area contributed by atoms with Crippen molar-refractivity contribution in [1.29, 1.82) is 0 Å². The molecule has 2 aromatic carbocycles. The van der Waals surface area contributed by atoms with Crippen LogP contribution in [0.15, 0.2) is 79.3 Å². The van der Waals surface area contributed by atoms with Crippen molar-refractivity contribution >= 4 is 52.4 Å². The molecule has 2 atom stereocenters. The van der Waals surface area contributed by atoms with E-state index in [1.54, 1.807) is 54.9 Å². The molecule has 280 valence electrons. The summed E-state index contributed by atoms with van der Waals surface area (Å²) in [5, 5.41) is 8.39. The molecule has 6 heterocycles. The summed E-state index contributed by atoms with van der Waals surface area (Å²) >= 11 is 0. The third-order valence-electron chi connectivity index (χ3n) is 10.5. The molecule has 0 aliphatic carbocycles. The van der Waals surface area contributed by atoms with Gasteiger partial charge in [0.05, 0.1) is 17.2 Å². The van der Waals surface area contributed by atoms with Crippen molar-refractivity contribution in [3.05, 3.63) is 102 Å². The molecular weight excluding hydrogens is 701 g/mol. The molecule has 3 aromatic heterocycles. The summed E-state index contributed by atoms with van der Waals surface area (Å²) in [7, 11) is 0. The Labute approximate surface area is 316 Å². The number of benzene rings is 2. The van der Waals surface area contributed by atoms with Gasteiger partial charge in [0, 0.05) is 48.4 Å². The lowest BCUT2D eigenvalue weighted by molar-refractivity contribution is -0.136. The van der Waals surface area contributed by atoms with Gasteiger partial charge in [-0.25, -0.2) is 15.0 Å². The molecule has 2 saturated heterocycles. The predicted octanol–water partition coefficient (Wildman–Crippen LogP) is 4.45. The number of imide groups is 2. The van der Waals surface area contributed by atoms with Crippen LogP contribution in [-0.2, 0) is 9.59 Å². The average Bonchev–Trinajstić information content (AvgIpc) is 3.89. The normalized spacial score (nSPS) is 18.5. The number of rotatable bonds is 12. The Bertz CT molecular complexity index is 2310. The molecule has 15 heteroatoms. The van der Waals surface area contributed by atoms with Crippen LogP contribution in [0.2, 0.25) is 0 Å². The van der Waals surface area contributed by atoms with E-state index < -0.39 is 29.7 Å². The maximum Gasteiger partial charge on any atom is 0.264 e. The van der Waals surface area contributed by atoms with Gasteiger partial charge >= 0.3 is 0 Å². The zero-order valence-electron chi connectivity index (χ0n) is 30.0. The second kappa shape index (κ2) is 15.1. The number of fused-ring (bicyclic) bond motifs is 2. The maximum absolute atomic E-state index is 13.4. The van der Waals surface area contributed by atoms with Crippen molar-refractivity contribution in [2.24, 2.45) is 0 Å². The molecule has 0 spiro atoms. The summed E-state index contributed by atoms with van der Waals surface area (Å²) in [5.41, 5.74) is 10.3. The number of hydrogen-bond acceptors (Lipinski definition) is 11. The van der Waals surface area contributed by atoms with E-state index >= 15 is 0 Å². The molecule has 8 rings (SSSR count). The quantitative estimate of drug-likeness (QED) is 0.104. The number of carbonyl (C=O) groups excluding carboxylic acids is 5. The van der Waals surface area contributed by atoms with Crippen molar-refractivity contribution in [3.8, 4) is 11.3 Å². The molecule has 0 radical (unpaired) electrons. The van der Waals surface area contributed by atoms with Crippen LogP contribution in [0.1, 0.15) is 87.9 Å². The topological polar surface area (TPSA) is 197 Å². The van der Waals surface area contributed by atoms with Crippen molar-refractivity contribution in [3.63, 3.8) is 0 Å². The summed E-state index contributed by atoms with van der Waals surface area (Å²) in [4.78, 5) is 80.7. The first-order valence-electron chi connectivity index (χ1n) is 18.6. The predicted molar refractivity (Wildman–Crippen MR) is 204 cm³/mol. The molecule has 3 aliphatic rings. The van der Waals surface area contributed by atoms with Gasteiger partial charge in [0.1, 0.15) is 34.7 Å². The highest BCUT2D eigenvalue weighted by Gasteiger charge is 2.45. The fourth-order valence-electron chi connectivity index (χ4n) is 7.82. The molecule has 3 aliphatic heterocycles. The third-order valence-corrected chi connectivity index (χ3v) is 10.5. The minimum Gasteiger partial charge on any atom is -0.384 e. The molecule has 5 aromatic rings. The Morgan fingerprint density at radius 3 is 2.55 bits per heavy atom. The van der Waals surface area contributed by atoms with Crippen LogP contribution in [0, 0.1) is 0 Å². The molecule has 2 fully saturated rings. The number of imidazole rings is 1. The number of carbonyl (C=O) groups is 5. The molecule has 0 saturated carbocycles. The van der Waals surface area contributed by atoms with Gasteiger partial charge in [0.2, 0.25) is 11.8 Å². The van der Waals surface area contributed by atoms with Gasteiger partial charge in [0.25, 0.3) is 17.7 Å². The Hall–Kier alpha value is -6.48. The Morgan fingerprint density at radius 2 is 1.75 bits per heavy atom. The number of amides is 5. The van der Waals surface area contributed by atoms with Gasteiger partial charge in [-0.3, -0.25) is 43.5 Å². The number of unbranched alkanes of at least 4 members (excludes halogenated alkanes) is 2. The number of anilines is 3. The highest BCUT2D eigenvalue weighted by atomic mass is 16.2. The van der Waals surface area contributed by atoms with Crippen LogP contribution in [0.4, 0.5) is 17.3 Å². The highest BCUT2D eigenvalue weighted by molar-refractivity contribution is 6.25. The zero-order valence-corrected chi connectivity index (χ0v) is 30.0. The van der Waals surface area contributed by atoms with Gasteiger partial charge in [-0.1, -0.05) is 30.7 Å². The lowest BCUT2D eigenvalue weighted by Crippen LogP contribution is -2.54. The summed E-state index contributed by atoms with van der Waals surface area (Å²) in [6.45, 7) is 2.43. The molecular formula is C40H40N10O5. The summed E-state index contributed by atoms with van der Waals surface area (Å²) < 4.78 is 2.04.